The molecule has 1 atom stereocenters. The number of nitrogens with one attached hydrogen (secondary N) is 1. The fraction of sp³-hybridized carbons (Fsp3) is 0.304. The number of hydrogen-bond donors (Lipinski definition) is 2. The van der Waals surface area contributed by atoms with E-state index in [2.05, 4.69) is 22.3 Å². The van der Waals surface area contributed by atoms with Crippen LogP contribution in [0.25, 0.3) is 11.3 Å². The van der Waals surface area contributed by atoms with Gasteiger partial charge in [0.25, 0.3) is 5.91 Å². The number of hydrogen-bond acceptors (Lipinski definition) is 3. The summed E-state index contributed by atoms with van der Waals surface area (Å²) in [6.45, 7) is 1.28. The van der Waals surface area contributed by atoms with Crippen LogP contribution in [0.4, 0.5) is 0 Å². The lowest BCUT2D eigenvalue weighted by Gasteiger charge is -2.42. The summed E-state index contributed by atoms with van der Waals surface area (Å²) >= 11 is 0. The number of aromatic amines is 1. The molecule has 28 heavy (non-hydrogen) atoms. The number of H-pyrrole nitrogens is 1. The molecule has 0 radical (unpaired) electrons. The van der Waals surface area contributed by atoms with Crippen LogP contribution in [0.3, 0.4) is 0 Å². The molecule has 5 heteroatoms. The van der Waals surface area contributed by atoms with Gasteiger partial charge in [0, 0.05) is 24.1 Å². The fourth-order valence-electron chi connectivity index (χ4n) is 4.92. The van der Waals surface area contributed by atoms with E-state index in [-0.39, 0.29) is 17.4 Å². The summed E-state index contributed by atoms with van der Waals surface area (Å²) in [5.74, 6) is 0.00299. The third-order valence-corrected chi connectivity index (χ3v) is 6.48. The molecule has 1 spiro atoms. The van der Waals surface area contributed by atoms with E-state index >= 15 is 0 Å². The molecule has 1 aromatic heterocycles. The highest BCUT2D eigenvalue weighted by molar-refractivity contribution is 5.99. The molecule has 1 fully saturated rings. The zero-order valence-corrected chi connectivity index (χ0v) is 15.6. The van der Waals surface area contributed by atoms with Crippen molar-refractivity contribution in [1.29, 1.82) is 0 Å². The molecule has 2 N–H and O–H groups in total. The summed E-state index contributed by atoms with van der Waals surface area (Å²) in [4.78, 5) is 15.1. The van der Waals surface area contributed by atoms with Gasteiger partial charge in [0.05, 0.1) is 23.6 Å². The lowest BCUT2D eigenvalue weighted by molar-refractivity contribution is 0.0366. The van der Waals surface area contributed by atoms with Crippen molar-refractivity contribution in [1.82, 2.24) is 15.1 Å². The number of rotatable bonds is 2. The number of aromatic nitrogens is 2. The zero-order valence-electron chi connectivity index (χ0n) is 15.6. The number of benzene rings is 2. The van der Waals surface area contributed by atoms with Crippen LogP contribution >= 0.6 is 0 Å². The molecule has 0 bridgehead atoms. The lowest BCUT2D eigenvalue weighted by Crippen LogP contribution is -2.49. The molecule has 2 aliphatic rings. The van der Waals surface area contributed by atoms with E-state index in [0.29, 0.717) is 25.1 Å². The van der Waals surface area contributed by atoms with Crippen LogP contribution in [0.1, 0.15) is 34.3 Å². The van der Waals surface area contributed by atoms with Crippen molar-refractivity contribution in [3.63, 3.8) is 0 Å². The molecular formula is C23H23N3O2. The summed E-state index contributed by atoms with van der Waals surface area (Å²) in [7, 11) is 0. The number of aliphatic hydroxyl groups is 1. The number of piperidine rings is 1. The third-order valence-electron chi connectivity index (χ3n) is 6.48. The number of nitrogens with zero attached hydrogens (tertiary/aromatic N) is 2. The summed E-state index contributed by atoms with van der Waals surface area (Å²) in [6.07, 6.45) is 3.54. The first kappa shape index (κ1) is 17.2. The van der Waals surface area contributed by atoms with Gasteiger partial charge in [0.2, 0.25) is 0 Å². The van der Waals surface area contributed by atoms with Crippen LogP contribution in [0.15, 0.2) is 60.8 Å². The molecule has 1 amide bonds. The van der Waals surface area contributed by atoms with E-state index in [1.807, 2.05) is 47.4 Å². The Morgan fingerprint density at radius 1 is 1.07 bits per heavy atom. The SMILES string of the molecule is O=C(c1cn[nH]c1-c1ccccc1)N1CCC2(CC1)c1ccccc1C[C@@H]2O. The summed E-state index contributed by atoms with van der Waals surface area (Å²) < 4.78 is 0. The summed E-state index contributed by atoms with van der Waals surface area (Å²) in [5.41, 5.74) is 4.62. The standard InChI is InChI=1S/C23H23N3O2/c27-20-14-17-8-4-5-9-19(17)23(20)10-12-26(13-11-23)22(28)18-15-24-25-21(18)16-6-2-1-3-7-16/h1-9,15,20,27H,10-14H2,(H,24,25)/t20-/m0/s1. The Labute approximate surface area is 164 Å². The Morgan fingerprint density at radius 2 is 1.79 bits per heavy atom. The Morgan fingerprint density at radius 3 is 2.57 bits per heavy atom. The van der Waals surface area contributed by atoms with Crippen molar-refractivity contribution in [2.45, 2.75) is 30.8 Å². The van der Waals surface area contributed by atoms with Gasteiger partial charge in [-0.25, -0.2) is 0 Å². The van der Waals surface area contributed by atoms with Crippen LogP contribution in [0.2, 0.25) is 0 Å². The molecule has 2 heterocycles. The maximum atomic E-state index is 13.2. The average molecular weight is 373 g/mol. The monoisotopic (exact) mass is 373 g/mol. The second-order valence-electron chi connectivity index (χ2n) is 7.85. The maximum absolute atomic E-state index is 13.2. The molecule has 1 aliphatic carbocycles. The van der Waals surface area contributed by atoms with Gasteiger partial charge in [-0.3, -0.25) is 9.89 Å². The van der Waals surface area contributed by atoms with E-state index in [1.54, 1.807) is 6.20 Å². The lowest BCUT2D eigenvalue weighted by atomic mass is 9.72. The minimum atomic E-state index is -0.365. The average Bonchev–Trinajstić information content (AvgIpc) is 3.33. The predicted molar refractivity (Wildman–Crippen MR) is 107 cm³/mol. The molecule has 0 saturated carbocycles. The Kier molecular flexibility index (Phi) is 4.05. The Hall–Kier alpha value is -2.92. The topological polar surface area (TPSA) is 69.2 Å². The van der Waals surface area contributed by atoms with E-state index < -0.39 is 0 Å². The van der Waals surface area contributed by atoms with Crippen molar-refractivity contribution in [2.75, 3.05) is 13.1 Å². The number of likely N-dealkylation sites (tertiary alicyclic amines) is 1. The first-order chi connectivity index (χ1) is 13.7. The van der Waals surface area contributed by atoms with E-state index in [4.69, 9.17) is 0 Å². The number of fused-ring (bicyclic) bond motifs is 2. The smallest absolute Gasteiger partial charge is 0.257 e. The van der Waals surface area contributed by atoms with Crippen LogP contribution in [0, 0.1) is 0 Å². The van der Waals surface area contributed by atoms with Crippen molar-refractivity contribution in [3.05, 3.63) is 77.5 Å². The summed E-state index contributed by atoms with van der Waals surface area (Å²) in [5, 5.41) is 17.9. The molecule has 1 saturated heterocycles. The Bertz CT molecular complexity index is 1000. The number of aliphatic hydroxyl groups excluding tert-OH is 1. The van der Waals surface area contributed by atoms with E-state index in [9.17, 15) is 9.90 Å². The second kappa shape index (κ2) is 6.60. The fourth-order valence-corrected chi connectivity index (χ4v) is 4.92. The number of amides is 1. The van der Waals surface area contributed by atoms with Crippen molar-refractivity contribution in [2.24, 2.45) is 0 Å². The largest absolute Gasteiger partial charge is 0.392 e. The van der Waals surface area contributed by atoms with Gasteiger partial charge in [-0.15, -0.1) is 0 Å². The van der Waals surface area contributed by atoms with Gasteiger partial charge in [-0.2, -0.15) is 5.10 Å². The number of carbonyl (C=O) groups excluding carboxylic acids is 1. The van der Waals surface area contributed by atoms with Gasteiger partial charge < -0.3 is 10.0 Å². The molecule has 142 valence electrons. The second-order valence-corrected chi connectivity index (χ2v) is 7.85. The van der Waals surface area contributed by atoms with Gasteiger partial charge in [0.15, 0.2) is 0 Å². The van der Waals surface area contributed by atoms with Crippen molar-refractivity contribution in [3.8, 4) is 11.3 Å². The molecule has 1 aliphatic heterocycles. The van der Waals surface area contributed by atoms with Gasteiger partial charge in [-0.1, -0.05) is 54.6 Å². The van der Waals surface area contributed by atoms with Crippen LogP contribution < -0.4 is 0 Å². The quantitative estimate of drug-likeness (QED) is 0.725. The molecular weight excluding hydrogens is 350 g/mol. The molecule has 2 aromatic carbocycles. The van der Waals surface area contributed by atoms with Crippen molar-refractivity contribution < 1.29 is 9.90 Å². The highest BCUT2D eigenvalue weighted by Crippen LogP contribution is 2.46. The Balaban J connectivity index is 1.38. The highest BCUT2D eigenvalue weighted by Gasteiger charge is 2.48. The van der Waals surface area contributed by atoms with E-state index in [0.717, 1.165) is 24.1 Å². The van der Waals surface area contributed by atoms with E-state index in [1.165, 1.54) is 11.1 Å². The first-order valence-electron chi connectivity index (χ1n) is 9.83. The summed E-state index contributed by atoms with van der Waals surface area (Å²) in [6, 6.07) is 18.1. The first-order valence-corrected chi connectivity index (χ1v) is 9.83. The van der Waals surface area contributed by atoms with Crippen molar-refractivity contribution >= 4 is 5.91 Å². The third kappa shape index (κ3) is 2.58. The van der Waals surface area contributed by atoms with Crippen LogP contribution in [-0.2, 0) is 11.8 Å². The minimum Gasteiger partial charge on any atom is -0.392 e. The van der Waals surface area contributed by atoms with Gasteiger partial charge in [-0.05, 0) is 30.4 Å². The minimum absolute atomic E-state index is 0.00299. The van der Waals surface area contributed by atoms with Gasteiger partial charge in [0.1, 0.15) is 0 Å². The molecule has 5 rings (SSSR count). The van der Waals surface area contributed by atoms with Crippen LogP contribution in [-0.4, -0.2) is 45.3 Å². The molecule has 5 nitrogen and oxygen atoms in total. The zero-order chi connectivity index (χ0) is 19.1. The maximum Gasteiger partial charge on any atom is 0.257 e. The predicted octanol–water partition coefficient (Wildman–Crippen LogP) is 3.17. The molecule has 3 aromatic rings. The van der Waals surface area contributed by atoms with Crippen LogP contribution in [0.5, 0.6) is 0 Å². The van der Waals surface area contributed by atoms with Gasteiger partial charge >= 0.3 is 0 Å². The normalized spacial score (nSPS) is 20.3. The molecule has 0 unspecified atom stereocenters. The highest BCUT2D eigenvalue weighted by atomic mass is 16.3. The number of carbonyl (C=O) groups is 1.